The summed E-state index contributed by atoms with van der Waals surface area (Å²) in [6.07, 6.45) is 4.41. The number of likely N-dealkylation sites (tertiary alicyclic amines) is 1. The summed E-state index contributed by atoms with van der Waals surface area (Å²) in [5.74, 6) is 1.06. The maximum Gasteiger partial charge on any atom is 0.270 e. The van der Waals surface area contributed by atoms with Crippen molar-refractivity contribution in [3.8, 4) is 0 Å². The van der Waals surface area contributed by atoms with E-state index in [1.165, 1.54) is 0 Å². The molecule has 0 atom stereocenters. The van der Waals surface area contributed by atoms with Gasteiger partial charge in [0.05, 0.1) is 20.5 Å². The fourth-order valence-corrected chi connectivity index (χ4v) is 5.49. The molecule has 1 saturated heterocycles. The number of piperidine rings is 1. The lowest BCUT2D eigenvalue weighted by molar-refractivity contribution is 0.0701. The lowest BCUT2D eigenvalue weighted by Gasteiger charge is -2.31. The van der Waals surface area contributed by atoms with Crippen LogP contribution < -0.4 is 0 Å². The Balaban J connectivity index is 1.12. The fourth-order valence-electron chi connectivity index (χ4n) is 4.70. The van der Waals surface area contributed by atoms with Gasteiger partial charge in [-0.1, -0.05) is 40.2 Å². The van der Waals surface area contributed by atoms with Crippen LogP contribution in [0.5, 0.6) is 0 Å². The van der Waals surface area contributed by atoms with Gasteiger partial charge in [0, 0.05) is 56.7 Å². The molecule has 0 spiro atoms. The minimum absolute atomic E-state index is 0.0285. The monoisotopic (exact) mass is 642 g/mol. The van der Waals surface area contributed by atoms with Crippen molar-refractivity contribution in [1.29, 1.82) is 0 Å². The molecule has 0 N–H and O–H groups in total. The van der Waals surface area contributed by atoms with E-state index in [-0.39, 0.29) is 17.6 Å². The van der Waals surface area contributed by atoms with Crippen LogP contribution in [-0.4, -0.2) is 54.4 Å². The fraction of sp³-hybridized carbons (Fsp3) is 0.370. The van der Waals surface area contributed by atoms with E-state index in [1.54, 1.807) is 4.68 Å². The van der Waals surface area contributed by atoms with Gasteiger partial charge in [-0.3, -0.25) is 9.59 Å². The molecule has 1 fully saturated rings. The van der Waals surface area contributed by atoms with Crippen LogP contribution in [0.4, 0.5) is 0 Å². The second-order valence-electron chi connectivity index (χ2n) is 9.71. The lowest BCUT2D eigenvalue weighted by atomic mass is 9.93. The van der Waals surface area contributed by atoms with E-state index in [0.29, 0.717) is 49.5 Å². The van der Waals surface area contributed by atoms with Crippen molar-refractivity contribution < 1.29 is 14.1 Å². The van der Waals surface area contributed by atoms with Crippen LogP contribution in [0.2, 0.25) is 0 Å². The zero-order chi connectivity index (χ0) is 26.8. The first-order chi connectivity index (χ1) is 18.3. The third kappa shape index (κ3) is 5.83. The van der Waals surface area contributed by atoms with Crippen molar-refractivity contribution in [3.63, 3.8) is 0 Å². The molecule has 198 valence electrons. The minimum atomic E-state index is 0.0285. The predicted molar refractivity (Wildman–Crippen MR) is 148 cm³/mol. The van der Waals surface area contributed by atoms with Gasteiger partial charge in [0.1, 0.15) is 12.2 Å². The first-order valence-corrected chi connectivity index (χ1v) is 14.1. The molecule has 1 aliphatic rings. The number of benzene rings is 1. The van der Waals surface area contributed by atoms with E-state index in [1.807, 2.05) is 66.0 Å². The van der Waals surface area contributed by atoms with Crippen molar-refractivity contribution in [1.82, 2.24) is 29.6 Å². The molecule has 0 radical (unpaired) electrons. The summed E-state index contributed by atoms with van der Waals surface area (Å²) in [5, 5.41) is 12.7. The van der Waals surface area contributed by atoms with E-state index >= 15 is 0 Å². The molecule has 38 heavy (non-hydrogen) atoms. The number of aromatic nitrogens is 5. The summed E-state index contributed by atoms with van der Waals surface area (Å²) in [4.78, 5) is 27.3. The Morgan fingerprint density at radius 3 is 2.53 bits per heavy atom. The van der Waals surface area contributed by atoms with E-state index in [9.17, 15) is 9.59 Å². The van der Waals surface area contributed by atoms with Gasteiger partial charge in [-0.05, 0) is 57.7 Å². The molecule has 4 heterocycles. The lowest BCUT2D eigenvalue weighted by Crippen LogP contribution is -2.38. The number of carbonyl (C=O) groups is 2. The zero-order valence-corrected chi connectivity index (χ0v) is 24.4. The Labute approximate surface area is 237 Å². The quantitative estimate of drug-likeness (QED) is 0.241. The summed E-state index contributed by atoms with van der Waals surface area (Å²) in [5.41, 5.74) is 4.16. The Hall–Kier alpha value is -3.05. The highest BCUT2D eigenvalue weighted by atomic mass is 79.9. The maximum absolute atomic E-state index is 13.0. The van der Waals surface area contributed by atoms with Crippen LogP contribution >= 0.6 is 31.9 Å². The number of rotatable bonds is 8. The van der Waals surface area contributed by atoms with Gasteiger partial charge >= 0.3 is 0 Å². The zero-order valence-electron chi connectivity index (χ0n) is 21.2. The molecule has 1 aromatic carbocycles. The van der Waals surface area contributed by atoms with Gasteiger partial charge in [-0.25, -0.2) is 4.68 Å². The Morgan fingerprint density at radius 1 is 1.11 bits per heavy atom. The van der Waals surface area contributed by atoms with Crippen LogP contribution in [0.15, 0.2) is 56.2 Å². The molecule has 9 nitrogen and oxygen atoms in total. The summed E-state index contributed by atoms with van der Waals surface area (Å²) < 4.78 is 10.8. The number of halogens is 2. The molecule has 1 aliphatic heterocycles. The molecule has 0 saturated carbocycles. The highest BCUT2D eigenvalue weighted by molar-refractivity contribution is 9.13. The number of nitrogens with zero attached hydrogens (tertiary/aromatic N) is 6. The average Bonchev–Trinajstić information content (AvgIpc) is 3.64. The van der Waals surface area contributed by atoms with Gasteiger partial charge < -0.3 is 14.0 Å². The molecular formula is C27H28Br2N6O3. The number of carbonyl (C=O) groups excluding carboxylic acids is 2. The summed E-state index contributed by atoms with van der Waals surface area (Å²) >= 11 is 6.96. The van der Waals surface area contributed by atoms with Gasteiger partial charge in [-0.2, -0.15) is 0 Å². The van der Waals surface area contributed by atoms with Crippen LogP contribution in [0.3, 0.4) is 0 Å². The van der Waals surface area contributed by atoms with Crippen molar-refractivity contribution in [3.05, 3.63) is 85.6 Å². The smallest absolute Gasteiger partial charge is 0.270 e. The average molecular weight is 644 g/mol. The molecule has 0 aliphatic carbocycles. The molecule has 0 bridgehead atoms. The van der Waals surface area contributed by atoms with E-state index in [2.05, 4.69) is 47.3 Å². The Morgan fingerprint density at radius 2 is 1.84 bits per heavy atom. The van der Waals surface area contributed by atoms with Crippen molar-refractivity contribution in [2.24, 2.45) is 7.05 Å². The van der Waals surface area contributed by atoms with Gasteiger partial charge in [0.25, 0.3) is 5.91 Å². The second kappa shape index (κ2) is 11.4. The summed E-state index contributed by atoms with van der Waals surface area (Å²) in [6.45, 7) is 3.75. The van der Waals surface area contributed by atoms with Crippen LogP contribution in [0.25, 0.3) is 0 Å². The van der Waals surface area contributed by atoms with E-state index in [4.69, 9.17) is 4.52 Å². The third-order valence-electron chi connectivity index (χ3n) is 7.00. The third-order valence-corrected chi connectivity index (χ3v) is 9.09. The number of ketones is 1. The van der Waals surface area contributed by atoms with Crippen LogP contribution in [0, 0.1) is 6.92 Å². The Bertz CT molecular complexity index is 1450. The van der Waals surface area contributed by atoms with Crippen LogP contribution in [-0.2, 0) is 20.0 Å². The van der Waals surface area contributed by atoms with E-state index in [0.717, 1.165) is 38.9 Å². The number of aryl methyl sites for hydroxylation is 2. The van der Waals surface area contributed by atoms with E-state index < -0.39 is 0 Å². The number of hydrogen-bond acceptors (Lipinski definition) is 6. The molecule has 4 aromatic rings. The number of Topliss-reactive ketones (excluding diaryl/α,β-unsaturated/α-hetero) is 1. The highest BCUT2D eigenvalue weighted by Gasteiger charge is 2.28. The van der Waals surface area contributed by atoms with Gasteiger partial charge in [0.15, 0.2) is 11.5 Å². The predicted octanol–water partition coefficient (Wildman–Crippen LogP) is 5.32. The van der Waals surface area contributed by atoms with Crippen LogP contribution in [0.1, 0.15) is 68.7 Å². The molecule has 5 rings (SSSR count). The molecule has 0 unspecified atom stereocenters. The molecule has 11 heteroatoms. The van der Waals surface area contributed by atoms with Crippen molar-refractivity contribution in [2.75, 3.05) is 13.1 Å². The SMILES string of the molecule is Cc1ccc(C(=O)CCc2cn(Cc3cc(C4CCN(C(=O)c5cc(Br)c(Br)n5C)CC4)no3)nn2)cc1. The maximum atomic E-state index is 13.0. The first kappa shape index (κ1) is 26.6. The minimum Gasteiger partial charge on any atom is -0.359 e. The van der Waals surface area contributed by atoms with Gasteiger partial charge in [-0.15, -0.1) is 5.10 Å². The molecule has 3 aromatic heterocycles. The first-order valence-electron chi connectivity index (χ1n) is 12.5. The Kier molecular flexibility index (Phi) is 7.94. The highest BCUT2D eigenvalue weighted by Crippen LogP contribution is 2.31. The molecule has 1 amide bonds. The largest absolute Gasteiger partial charge is 0.359 e. The normalized spacial score (nSPS) is 14.3. The van der Waals surface area contributed by atoms with Gasteiger partial charge in [0.2, 0.25) is 0 Å². The van der Waals surface area contributed by atoms with Crippen molar-refractivity contribution >= 4 is 43.6 Å². The number of amides is 1. The molecular weight excluding hydrogens is 616 g/mol. The summed E-state index contributed by atoms with van der Waals surface area (Å²) in [7, 11) is 1.87. The number of hydrogen-bond donors (Lipinski definition) is 0. The van der Waals surface area contributed by atoms with Crippen molar-refractivity contribution in [2.45, 2.75) is 45.1 Å². The summed E-state index contributed by atoms with van der Waals surface area (Å²) in [6, 6.07) is 11.4. The second-order valence-corrected chi connectivity index (χ2v) is 11.3. The standard InChI is InChI=1S/C27H28Br2N6O3/c1-17-3-5-19(6-4-17)25(36)8-7-20-15-35(32-30-20)16-21-13-23(31-38-21)18-9-11-34(12-10-18)27(37)24-14-22(28)26(29)33(24)2/h3-6,13-15,18H,7-12,16H2,1-2H3. The topological polar surface area (TPSA) is 99.1 Å².